The van der Waals surface area contributed by atoms with Crippen LogP contribution in [0, 0.1) is 0 Å². The Morgan fingerprint density at radius 3 is 2.89 bits per heavy atom. The number of rotatable bonds is 6. The molecule has 1 aliphatic rings. The molecule has 2 unspecified atom stereocenters. The van der Waals surface area contributed by atoms with Crippen LogP contribution in [0.2, 0.25) is 0 Å². The summed E-state index contributed by atoms with van der Waals surface area (Å²) in [5.41, 5.74) is 1.44. The largest absolute Gasteiger partial charge is 0.378 e. The third-order valence-electron chi connectivity index (χ3n) is 3.74. The van der Waals surface area contributed by atoms with Crippen LogP contribution in [-0.2, 0) is 11.2 Å². The van der Waals surface area contributed by atoms with Gasteiger partial charge in [-0.2, -0.15) is 0 Å². The molecule has 1 aromatic rings. The van der Waals surface area contributed by atoms with Crippen molar-refractivity contribution in [1.29, 1.82) is 0 Å². The van der Waals surface area contributed by atoms with Gasteiger partial charge in [-0.25, -0.2) is 0 Å². The first kappa shape index (κ1) is 13.6. The van der Waals surface area contributed by atoms with Crippen LogP contribution in [0.5, 0.6) is 0 Å². The lowest BCUT2D eigenvalue weighted by Crippen LogP contribution is -2.39. The van der Waals surface area contributed by atoms with E-state index < -0.39 is 0 Å². The van der Waals surface area contributed by atoms with E-state index in [-0.39, 0.29) is 0 Å². The van der Waals surface area contributed by atoms with Crippen molar-refractivity contribution in [1.82, 2.24) is 5.32 Å². The molecule has 0 spiro atoms. The zero-order valence-electron chi connectivity index (χ0n) is 11.4. The van der Waals surface area contributed by atoms with Gasteiger partial charge in [0.1, 0.15) is 0 Å². The molecule has 2 heteroatoms. The molecule has 1 heterocycles. The molecule has 0 aliphatic carbocycles. The minimum atomic E-state index is 0.477. The van der Waals surface area contributed by atoms with Crippen LogP contribution in [0.1, 0.15) is 38.2 Å². The molecule has 2 atom stereocenters. The third-order valence-corrected chi connectivity index (χ3v) is 3.74. The van der Waals surface area contributed by atoms with E-state index >= 15 is 0 Å². The number of aryl methyl sites for hydroxylation is 1. The molecule has 1 aromatic carbocycles. The van der Waals surface area contributed by atoms with Gasteiger partial charge in [-0.1, -0.05) is 37.3 Å². The Balaban J connectivity index is 1.60. The summed E-state index contributed by atoms with van der Waals surface area (Å²) >= 11 is 0. The zero-order valence-corrected chi connectivity index (χ0v) is 11.4. The molecule has 0 amide bonds. The number of nitrogens with one attached hydrogen (secondary N) is 1. The predicted octanol–water partition coefficient (Wildman–Crippen LogP) is 3.17. The van der Waals surface area contributed by atoms with Crippen molar-refractivity contribution in [2.24, 2.45) is 0 Å². The molecule has 2 rings (SSSR count). The van der Waals surface area contributed by atoms with E-state index in [9.17, 15) is 0 Å². The zero-order chi connectivity index (χ0) is 12.6. The lowest BCUT2D eigenvalue weighted by Gasteiger charge is -2.29. The lowest BCUT2D eigenvalue weighted by molar-refractivity contribution is 0.0000262. The third kappa shape index (κ3) is 4.43. The van der Waals surface area contributed by atoms with E-state index in [4.69, 9.17) is 4.74 Å². The van der Waals surface area contributed by atoms with E-state index in [1.54, 1.807) is 0 Å². The summed E-state index contributed by atoms with van der Waals surface area (Å²) in [7, 11) is 0. The van der Waals surface area contributed by atoms with E-state index in [1.165, 1.54) is 31.2 Å². The Labute approximate surface area is 111 Å². The highest BCUT2D eigenvalue weighted by atomic mass is 16.5. The predicted molar refractivity (Wildman–Crippen MR) is 75.8 cm³/mol. The molecule has 1 saturated heterocycles. The van der Waals surface area contributed by atoms with Crippen molar-refractivity contribution >= 4 is 0 Å². The van der Waals surface area contributed by atoms with Gasteiger partial charge in [0.25, 0.3) is 0 Å². The van der Waals surface area contributed by atoms with Crippen LogP contribution >= 0.6 is 0 Å². The lowest BCUT2D eigenvalue weighted by atomic mass is 10.0. The van der Waals surface area contributed by atoms with Gasteiger partial charge >= 0.3 is 0 Å². The summed E-state index contributed by atoms with van der Waals surface area (Å²) in [5, 5.41) is 3.68. The highest BCUT2D eigenvalue weighted by Crippen LogP contribution is 2.16. The second kappa shape index (κ2) is 7.55. The fourth-order valence-electron chi connectivity index (χ4n) is 2.59. The molecule has 18 heavy (non-hydrogen) atoms. The Morgan fingerprint density at radius 2 is 2.11 bits per heavy atom. The van der Waals surface area contributed by atoms with Crippen molar-refractivity contribution < 1.29 is 4.74 Å². The van der Waals surface area contributed by atoms with Gasteiger partial charge in [0.05, 0.1) is 6.10 Å². The Morgan fingerprint density at radius 1 is 1.28 bits per heavy atom. The quantitative estimate of drug-likeness (QED) is 0.780. The fraction of sp³-hybridized carbons (Fsp3) is 0.625. The monoisotopic (exact) mass is 247 g/mol. The van der Waals surface area contributed by atoms with Crippen LogP contribution in [0.3, 0.4) is 0 Å². The van der Waals surface area contributed by atoms with E-state index in [0.717, 1.165) is 19.6 Å². The molecule has 1 aliphatic heterocycles. The maximum atomic E-state index is 5.69. The van der Waals surface area contributed by atoms with Crippen molar-refractivity contribution in [3.63, 3.8) is 0 Å². The maximum absolute atomic E-state index is 5.69. The summed E-state index contributed by atoms with van der Waals surface area (Å²) in [6, 6.07) is 11.4. The fourth-order valence-corrected chi connectivity index (χ4v) is 2.59. The van der Waals surface area contributed by atoms with Crippen LogP contribution in [0.15, 0.2) is 30.3 Å². The maximum Gasteiger partial charge on any atom is 0.0587 e. The van der Waals surface area contributed by atoms with Crippen molar-refractivity contribution in [2.75, 3.05) is 13.2 Å². The molecule has 1 N–H and O–H groups in total. The second-order valence-electron chi connectivity index (χ2n) is 5.17. The minimum absolute atomic E-state index is 0.477. The Bertz CT molecular complexity index is 325. The van der Waals surface area contributed by atoms with Crippen LogP contribution in [-0.4, -0.2) is 25.3 Å². The van der Waals surface area contributed by atoms with E-state index in [0.29, 0.717) is 12.1 Å². The molecule has 0 radical (unpaired) electrons. The average molecular weight is 247 g/mol. The highest BCUT2D eigenvalue weighted by Gasteiger charge is 2.20. The number of hydrogen-bond donors (Lipinski definition) is 1. The molecular formula is C16H25NO. The van der Waals surface area contributed by atoms with Crippen LogP contribution < -0.4 is 5.32 Å². The second-order valence-corrected chi connectivity index (χ2v) is 5.17. The first-order valence-electron chi connectivity index (χ1n) is 7.27. The van der Waals surface area contributed by atoms with Crippen LogP contribution in [0.4, 0.5) is 0 Å². The van der Waals surface area contributed by atoms with Gasteiger partial charge < -0.3 is 10.1 Å². The molecular weight excluding hydrogens is 222 g/mol. The summed E-state index contributed by atoms with van der Waals surface area (Å²) in [6.07, 6.45) is 6.36. The normalized spacial score (nSPS) is 24.1. The van der Waals surface area contributed by atoms with Gasteiger partial charge in [0, 0.05) is 12.6 Å². The molecule has 0 bridgehead atoms. The summed E-state index contributed by atoms with van der Waals surface area (Å²) in [6.45, 7) is 4.26. The first-order valence-corrected chi connectivity index (χ1v) is 7.27. The van der Waals surface area contributed by atoms with Crippen molar-refractivity contribution in [3.8, 4) is 0 Å². The standard InChI is InChI=1S/C16H25NO/c1-2-16-13-15(10-12-18-16)17-11-6-9-14-7-4-3-5-8-14/h3-5,7-8,15-17H,2,6,9-13H2,1H3. The molecule has 2 nitrogen and oxygen atoms in total. The molecule has 100 valence electrons. The highest BCUT2D eigenvalue weighted by molar-refractivity contribution is 5.14. The van der Waals surface area contributed by atoms with Crippen LogP contribution in [0.25, 0.3) is 0 Å². The number of ether oxygens (including phenoxy) is 1. The van der Waals surface area contributed by atoms with Gasteiger partial charge in [-0.05, 0) is 44.2 Å². The average Bonchev–Trinajstić information content (AvgIpc) is 2.45. The number of benzene rings is 1. The van der Waals surface area contributed by atoms with Gasteiger partial charge in [0.15, 0.2) is 0 Å². The first-order chi connectivity index (χ1) is 8.88. The topological polar surface area (TPSA) is 21.3 Å². The Hall–Kier alpha value is -0.860. The van der Waals surface area contributed by atoms with Crippen molar-refractivity contribution in [3.05, 3.63) is 35.9 Å². The van der Waals surface area contributed by atoms with Crippen molar-refractivity contribution in [2.45, 2.75) is 51.2 Å². The van der Waals surface area contributed by atoms with Gasteiger partial charge in [-0.15, -0.1) is 0 Å². The Kier molecular flexibility index (Phi) is 5.69. The molecule has 1 fully saturated rings. The van der Waals surface area contributed by atoms with Gasteiger partial charge in [0.2, 0.25) is 0 Å². The minimum Gasteiger partial charge on any atom is -0.378 e. The smallest absolute Gasteiger partial charge is 0.0587 e. The van der Waals surface area contributed by atoms with E-state index in [1.807, 2.05) is 0 Å². The summed E-state index contributed by atoms with van der Waals surface area (Å²) < 4.78 is 5.69. The number of hydrogen-bond acceptors (Lipinski definition) is 2. The SMILES string of the molecule is CCC1CC(NCCCc2ccccc2)CCO1. The van der Waals surface area contributed by atoms with E-state index in [2.05, 4.69) is 42.6 Å². The molecule has 0 aromatic heterocycles. The summed E-state index contributed by atoms with van der Waals surface area (Å²) in [4.78, 5) is 0. The molecule has 0 saturated carbocycles. The van der Waals surface area contributed by atoms with Gasteiger partial charge in [-0.3, -0.25) is 0 Å². The summed E-state index contributed by atoms with van der Waals surface area (Å²) in [5.74, 6) is 0.